The summed E-state index contributed by atoms with van der Waals surface area (Å²) in [5.74, 6) is -1.50. The van der Waals surface area contributed by atoms with Crippen molar-refractivity contribution in [3.63, 3.8) is 0 Å². The van der Waals surface area contributed by atoms with Crippen LogP contribution < -0.4 is 0 Å². The van der Waals surface area contributed by atoms with Crippen molar-refractivity contribution in [1.29, 1.82) is 0 Å². The van der Waals surface area contributed by atoms with Crippen LogP contribution in [0.4, 0.5) is 8.78 Å². The van der Waals surface area contributed by atoms with Crippen molar-refractivity contribution < 1.29 is 23.5 Å². The van der Waals surface area contributed by atoms with Crippen molar-refractivity contribution in [3.8, 4) is 0 Å². The third-order valence-corrected chi connectivity index (χ3v) is 2.90. The molecule has 5 nitrogen and oxygen atoms in total. The van der Waals surface area contributed by atoms with Gasteiger partial charge in [0.05, 0.1) is 0 Å². The fraction of sp³-hybridized carbons (Fsp3) is 0.455. The van der Waals surface area contributed by atoms with Gasteiger partial charge < -0.3 is 9.84 Å². The predicted octanol–water partition coefficient (Wildman–Crippen LogP) is 1.78. The van der Waals surface area contributed by atoms with E-state index in [0.29, 0.717) is 0 Å². The Morgan fingerprint density at radius 3 is 2.78 bits per heavy atom. The molecule has 0 bridgehead atoms. The Labute approximate surface area is 101 Å². The first-order chi connectivity index (χ1) is 8.49. The molecule has 98 valence electrons. The minimum absolute atomic E-state index is 0.0504. The van der Waals surface area contributed by atoms with E-state index in [0.717, 1.165) is 18.2 Å². The number of aliphatic hydroxyl groups is 1. The van der Waals surface area contributed by atoms with E-state index in [-0.39, 0.29) is 18.4 Å². The number of ether oxygens (including phenoxy) is 1. The van der Waals surface area contributed by atoms with Crippen LogP contribution in [0.3, 0.4) is 0 Å². The lowest BCUT2D eigenvalue weighted by molar-refractivity contribution is -0.547. The van der Waals surface area contributed by atoms with Crippen LogP contribution in [-0.4, -0.2) is 22.4 Å². The molecule has 7 heteroatoms. The number of halogens is 2. The van der Waals surface area contributed by atoms with Crippen LogP contribution in [-0.2, 0) is 4.74 Å². The summed E-state index contributed by atoms with van der Waals surface area (Å²) in [5, 5.41) is 20.2. The molecule has 3 atom stereocenters. The molecule has 1 aliphatic heterocycles. The number of benzene rings is 1. The second-order valence-corrected chi connectivity index (χ2v) is 4.11. The minimum atomic E-state index is -1.28. The quantitative estimate of drug-likeness (QED) is 0.649. The topological polar surface area (TPSA) is 72.6 Å². The van der Waals surface area contributed by atoms with E-state index >= 15 is 0 Å². The maximum absolute atomic E-state index is 13.6. The fourth-order valence-electron chi connectivity index (χ4n) is 2.02. The normalized spacial score (nSPS) is 28.1. The van der Waals surface area contributed by atoms with Gasteiger partial charge in [-0.3, -0.25) is 10.1 Å². The number of hydrogen-bond donors (Lipinski definition) is 1. The number of nitro groups is 1. The molecule has 0 saturated carbocycles. The number of nitrogens with zero attached hydrogens (tertiary/aromatic N) is 1. The van der Waals surface area contributed by atoms with Crippen LogP contribution in [0.2, 0.25) is 0 Å². The van der Waals surface area contributed by atoms with E-state index in [1.54, 1.807) is 0 Å². The maximum atomic E-state index is 13.6. The molecular formula is C11H11F2NO4. The summed E-state index contributed by atoms with van der Waals surface area (Å²) in [6.45, 7) is 0. The lowest BCUT2D eigenvalue weighted by Gasteiger charge is -2.29. The summed E-state index contributed by atoms with van der Waals surface area (Å²) in [5.41, 5.74) is -0.240. The van der Waals surface area contributed by atoms with Crippen LogP contribution in [0, 0.1) is 21.7 Å². The highest BCUT2D eigenvalue weighted by molar-refractivity contribution is 5.22. The molecule has 0 aliphatic carbocycles. The van der Waals surface area contributed by atoms with E-state index in [9.17, 15) is 24.0 Å². The molecule has 0 amide bonds. The largest absolute Gasteiger partial charge is 0.368 e. The molecule has 1 aromatic rings. The Balaban J connectivity index is 2.37. The summed E-state index contributed by atoms with van der Waals surface area (Å²) < 4.78 is 31.6. The van der Waals surface area contributed by atoms with E-state index < -0.39 is 35.0 Å². The summed E-state index contributed by atoms with van der Waals surface area (Å²) >= 11 is 0. The molecule has 1 heterocycles. The molecule has 1 saturated heterocycles. The average molecular weight is 259 g/mol. The van der Waals surface area contributed by atoms with E-state index in [1.807, 2.05) is 0 Å². The van der Waals surface area contributed by atoms with E-state index in [2.05, 4.69) is 0 Å². The Kier molecular flexibility index (Phi) is 3.53. The lowest BCUT2D eigenvalue weighted by Crippen LogP contribution is -2.38. The smallest absolute Gasteiger partial charge is 0.243 e. The maximum Gasteiger partial charge on any atom is 0.243 e. The molecule has 1 aromatic carbocycles. The van der Waals surface area contributed by atoms with Gasteiger partial charge in [-0.1, -0.05) is 0 Å². The molecule has 2 rings (SSSR count). The van der Waals surface area contributed by atoms with Crippen LogP contribution in [0.5, 0.6) is 0 Å². The van der Waals surface area contributed by atoms with Crippen molar-refractivity contribution >= 4 is 0 Å². The standard InChI is InChI=1S/C11H11F2NO4/c12-6-1-2-8(13)7(5-6)11-9(14(16)17)3-4-10(15)18-11/h1-2,5,9-11,15H,3-4H2/t9-,10+,11+/m0/s1. The van der Waals surface area contributed by atoms with Gasteiger partial charge in [0.25, 0.3) is 0 Å². The molecule has 1 aliphatic rings. The monoisotopic (exact) mass is 259 g/mol. The van der Waals surface area contributed by atoms with Gasteiger partial charge in [-0.15, -0.1) is 0 Å². The van der Waals surface area contributed by atoms with Crippen LogP contribution in [0.25, 0.3) is 0 Å². The second kappa shape index (κ2) is 4.95. The van der Waals surface area contributed by atoms with Crippen molar-refractivity contribution in [2.75, 3.05) is 0 Å². The molecule has 0 aromatic heterocycles. The Hall–Kier alpha value is -1.60. The van der Waals surface area contributed by atoms with Gasteiger partial charge in [-0.05, 0) is 18.2 Å². The molecule has 1 N–H and O–H groups in total. The van der Waals surface area contributed by atoms with Crippen molar-refractivity contribution in [2.24, 2.45) is 0 Å². The van der Waals surface area contributed by atoms with Gasteiger partial charge in [-0.25, -0.2) is 8.78 Å². The van der Waals surface area contributed by atoms with Gasteiger partial charge in [0.2, 0.25) is 6.04 Å². The van der Waals surface area contributed by atoms with Crippen LogP contribution in [0.15, 0.2) is 18.2 Å². The highest BCUT2D eigenvalue weighted by Gasteiger charge is 2.41. The highest BCUT2D eigenvalue weighted by atomic mass is 19.1. The van der Waals surface area contributed by atoms with Gasteiger partial charge in [0, 0.05) is 23.3 Å². The van der Waals surface area contributed by atoms with Crippen LogP contribution >= 0.6 is 0 Å². The second-order valence-electron chi connectivity index (χ2n) is 4.11. The molecular weight excluding hydrogens is 248 g/mol. The van der Waals surface area contributed by atoms with Gasteiger partial charge in [-0.2, -0.15) is 0 Å². The van der Waals surface area contributed by atoms with E-state index in [4.69, 9.17) is 4.74 Å². The van der Waals surface area contributed by atoms with Gasteiger partial charge >= 0.3 is 0 Å². The average Bonchev–Trinajstić information content (AvgIpc) is 2.31. The summed E-state index contributed by atoms with van der Waals surface area (Å²) in [7, 11) is 0. The first-order valence-electron chi connectivity index (χ1n) is 5.41. The number of aliphatic hydroxyl groups excluding tert-OH is 1. The van der Waals surface area contributed by atoms with E-state index in [1.165, 1.54) is 0 Å². The lowest BCUT2D eigenvalue weighted by atomic mass is 9.95. The Morgan fingerprint density at radius 1 is 1.39 bits per heavy atom. The zero-order valence-corrected chi connectivity index (χ0v) is 9.25. The first kappa shape index (κ1) is 12.8. The molecule has 1 fully saturated rings. The summed E-state index contributed by atoms with van der Waals surface area (Å²) in [6, 6.07) is 1.46. The predicted molar refractivity (Wildman–Crippen MR) is 56.2 cm³/mol. The molecule has 0 spiro atoms. The van der Waals surface area contributed by atoms with Crippen molar-refractivity contribution in [3.05, 3.63) is 45.5 Å². The third-order valence-electron chi connectivity index (χ3n) is 2.90. The van der Waals surface area contributed by atoms with Gasteiger partial charge in [0.15, 0.2) is 12.4 Å². The first-order valence-corrected chi connectivity index (χ1v) is 5.41. The van der Waals surface area contributed by atoms with Gasteiger partial charge in [0.1, 0.15) is 11.6 Å². The Bertz CT molecular complexity index is 468. The zero-order chi connectivity index (χ0) is 13.3. The number of rotatable bonds is 2. The third kappa shape index (κ3) is 2.46. The summed E-state index contributed by atoms with van der Waals surface area (Å²) in [4.78, 5) is 10.3. The SMILES string of the molecule is O=[N+]([O-])[C@H]1CC[C@H](O)O[C@@H]1c1cc(F)ccc1F. The summed E-state index contributed by atoms with van der Waals surface area (Å²) in [6.07, 6.45) is -2.33. The van der Waals surface area contributed by atoms with Crippen LogP contribution in [0.1, 0.15) is 24.5 Å². The fourth-order valence-corrected chi connectivity index (χ4v) is 2.02. The number of hydrogen-bond acceptors (Lipinski definition) is 4. The zero-order valence-electron chi connectivity index (χ0n) is 9.25. The highest BCUT2D eigenvalue weighted by Crippen LogP contribution is 2.34. The molecule has 0 unspecified atom stereocenters. The van der Waals surface area contributed by atoms with Crippen molar-refractivity contribution in [2.45, 2.75) is 31.3 Å². The minimum Gasteiger partial charge on any atom is -0.368 e. The molecule has 18 heavy (non-hydrogen) atoms. The Morgan fingerprint density at radius 2 is 2.11 bits per heavy atom. The molecule has 0 radical (unpaired) electrons. The van der Waals surface area contributed by atoms with Crippen molar-refractivity contribution in [1.82, 2.24) is 0 Å².